The van der Waals surface area contributed by atoms with Gasteiger partial charge >= 0.3 is 0 Å². The quantitative estimate of drug-likeness (QED) is 0.885. The second-order valence-electron chi connectivity index (χ2n) is 4.80. The fraction of sp³-hybridized carbons (Fsp3) is 0.286. The molecule has 0 spiro atoms. The van der Waals surface area contributed by atoms with Crippen LogP contribution in [0.5, 0.6) is 0 Å². The highest BCUT2D eigenvalue weighted by Gasteiger charge is 2.21. The molecule has 1 N–H and O–H groups in total. The maximum atomic E-state index is 12.2. The summed E-state index contributed by atoms with van der Waals surface area (Å²) in [5.74, 6) is 0.707. The number of hydrogen-bond acceptors (Lipinski definition) is 4. The van der Waals surface area contributed by atoms with Gasteiger partial charge in [-0.1, -0.05) is 11.6 Å². The van der Waals surface area contributed by atoms with E-state index in [0.717, 1.165) is 0 Å². The van der Waals surface area contributed by atoms with Gasteiger partial charge in [-0.05, 0) is 50.5 Å². The van der Waals surface area contributed by atoms with Gasteiger partial charge in [0.2, 0.25) is 10.0 Å². The number of benzene rings is 1. The van der Waals surface area contributed by atoms with Crippen molar-refractivity contribution >= 4 is 21.6 Å². The van der Waals surface area contributed by atoms with Crippen LogP contribution >= 0.6 is 11.6 Å². The van der Waals surface area contributed by atoms with Crippen molar-refractivity contribution in [3.63, 3.8) is 0 Å². The summed E-state index contributed by atoms with van der Waals surface area (Å²) >= 11 is 5.76. The monoisotopic (exact) mass is 328 g/mol. The predicted molar refractivity (Wildman–Crippen MR) is 81.8 cm³/mol. The number of nitrogens with one attached hydrogen (secondary N) is 1. The highest BCUT2D eigenvalue weighted by atomic mass is 35.5. The number of sulfonamides is 1. The lowest BCUT2D eigenvalue weighted by atomic mass is 10.2. The van der Waals surface area contributed by atoms with Gasteiger partial charge in [0.25, 0.3) is 0 Å². The second-order valence-corrected chi connectivity index (χ2v) is 7.00. The van der Waals surface area contributed by atoms with E-state index in [1.54, 1.807) is 24.5 Å². The molecule has 0 aliphatic carbocycles. The molecule has 1 aromatic carbocycles. The molecule has 1 atom stereocenters. The predicted octanol–water partition coefficient (Wildman–Crippen LogP) is 2.51. The van der Waals surface area contributed by atoms with Crippen molar-refractivity contribution in [2.45, 2.75) is 10.9 Å². The minimum Gasteiger partial charge on any atom is -0.468 e. The van der Waals surface area contributed by atoms with Crippen LogP contribution in [0.4, 0.5) is 0 Å². The third-order valence-corrected chi connectivity index (χ3v) is 4.78. The van der Waals surface area contributed by atoms with Crippen molar-refractivity contribution in [3.05, 3.63) is 53.4 Å². The zero-order valence-electron chi connectivity index (χ0n) is 11.8. The molecule has 7 heteroatoms. The SMILES string of the molecule is CN(C)[C@H](CNS(=O)(=O)c1ccc(Cl)cc1)c1ccco1. The van der Waals surface area contributed by atoms with Crippen LogP contribution in [0.3, 0.4) is 0 Å². The molecule has 2 aromatic rings. The van der Waals surface area contributed by atoms with E-state index in [2.05, 4.69) is 4.72 Å². The van der Waals surface area contributed by atoms with E-state index in [1.807, 2.05) is 25.1 Å². The Kier molecular flexibility index (Phi) is 5.05. The van der Waals surface area contributed by atoms with Crippen molar-refractivity contribution < 1.29 is 12.8 Å². The smallest absolute Gasteiger partial charge is 0.240 e. The maximum absolute atomic E-state index is 12.2. The third-order valence-electron chi connectivity index (χ3n) is 3.09. The number of nitrogens with zero attached hydrogens (tertiary/aromatic N) is 1. The fourth-order valence-corrected chi connectivity index (χ4v) is 3.07. The molecular formula is C14H17ClN2O3S. The zero-order chi connectivity index (χ0) is 15.5. The molecule has 0 saturated carbocycles. The molecular weight excluding hydrogens is 312 g/mol. The summed E-state index contributed by atoms with van der Waals surface area (Å²) in [6.07, 6.45) is 1.57. The number of hydrogen-bond donors (Lipinski definition) is 1. The molecule has 5 nitrogen and oxygen atoms in total. The molecule has 1 heterocycles. The Hall–Kier alpha value is -1.34. The minimum atomic E-state index is -3.57. The lowest BCUT2D eigenvalue weighted by Gasteiger charge is -2.22. The largest absolute Gasteiger partial charge is 0.468 e. The van der Waals surface area contributed by atoms with E-state index >= 15 is 0 Å². The summed E-state index contributed by atoms with van der Waals surface area (Å²) in [4.78, 5) is 2.08. The van der Waals surface area contributed by atoms with Crippen molar-refractivity contribution in [2.75, 3.05) is 20.6 Å². The molecule has 0 saturated heterocycles. The van der Waals surface area contributed by atoms with Crippen LogP contribution in [0.25, 0.3) is 0 Å². The highest BCUT2D eigenvalue weighted by Crippen LogP contribution is 2.19. The average molecular weight is 329 g/mol. The molecule has 1 aromatic heterocycles. The van der Waals surface area contributed by atoms with Crippen molar-refractivity contribution in [2.24, 2.45) is 0 Å². The summed E-state index contributed by atoms with van der Waals surface area (Å²) in [5.41, 5.74) is 0. The van der Waals surface area contributed by atoms with E-state index < -0.39 is 10.0 Å². The minimum absolute atomic E-state index is 0.179. The zero-order valence-corrected chi connectivity index (χ0v) is 13.4. The number of furan rings is 1. The van der Waals surface area contributed by atoms with Gasteiger partial charge < -0.3 is 4.42 Å². The lowest BCUT2D eigenvalue weighted by Crippen LogP contribution is -2.34. The van der Waals surface area contributed by atoms with Gasteiger partial charge in [-0.3, -0.25) is 4.90 Å². The Balaban J connectivity index is 2.11. The highest BCUT2D eigenvalue weighted by molar-refractivity contribution is 7.89. The lowest BCUT2D eigenvalue weighted by molar-refractivity contribution is 0.259. The molecule has 0 aliphatic rings. The van der Waals surface area contributed by atoms with E-state index in [9.17, 15) is 8.42 Å². The van der Waals surface area contributed by atoms with E-state index in [1.165, 1.54) is 12.1 Å². The topological polar surface area (TPSA) is 62.6 Å². The average Bonchev–Trinajstić information content (AvgIpc) is 2.93. The fourth-order valence-electron chi connectivity index (χ4n) is 1.90. The van der Waals surface area contributed by atoms with Crippen LogP contribution in [-0.2, 0) is 10.0 Å². The first-order valence-corrected chi connectivity index (χ1v) is 8.21. The van der Waals surface area contributed by atoms with Crippen LogP contribution in [0.1, 0.15) is 11.8 Å². The molecule has 0 radical (unpaired) electrons. The van der Waals surface area contributed by atoms with Crippen LogP contribution in [0, 0.1) is 0 Å². The van der Waals surface area contributed by atoms with Gasteiger partial charge in [0.1, 0.15) is 5.76 Å². The number of halogens is 1. The Labute approximate surface area is 129 Å². The molecule has 114 valence electrons. The maximum Gasteiger partial charge on any atom is 0.240 e. The van der Waals surface area contributed by atoms with Crippen LogP contribution in [-0.4, -0.2) is 34.0 Å². The molecule has 0 aliphatic heterocycles. The van der Waals surface area contributed by atoms with Crippen LogP contribution in [0.2, 0.25) is 5.02 Å². The van der Waals surface area contributed by atoms with Crippen LogP contribution in [0.15, 0.2) is 52.0 Å². The molecule has 21 heavy (non-hydrogen) atoms. The van der Waals surface area contributed by atoms with Crippen molar-refractivity contribution in [3.8, 4) is 0 Å². The standard InChI is InChI=1S/C14H17ClN2O3S/c1-17(2)13(14-4-3-9-20-14)10-16-21(18,19)12-7-5-11(15)6-8-12/h3-9,13,16H,10H2,1-2H3/t13-/m1/s1. The third kappa shape index (κ3) is 4.07. The Morgan fingerprint density at radius 2 is 1.90 bits per heavy atom. The summed E-state index contributed by atoms with van der Waals surface area (Å²) in [5, 5.41) is 0.496. The van der Waals surface area contributed by atoms with Gasteiger partial charge in [-0.2, -0.15) is 0 Å². The summed E-state index contributed by atoms with van der Waals surface area (Å²) in [6, 6.07) is 9.46. The summed E-state index contributed by atoms with van der Waals surface area (Å²) < 4.78 is 32.4. The van der Waals surface area contributed by atoms with Gasteiger partial charge in [-0.25, -0.2) is 13.1 Å². The van der Waals surface area contributed by atoms with Gasteiger partial charge in [0.15, 0.2) is 0 Å². The van der Waals surface area contributed by atoms with Gasteiger partial charge in [0, 0.05) is 11.6 Å². The molecule has 0 bridgehead atoms. The van der Waals surface area contributed by atoms with Gasteiger partial charge in [0.05, 0.1) is 17.2 Å². The number of rotatable bonds is 6. The van der Waals surface area contributed by atoms with E-state index in [-0.39, 0.29) is 17.5 Å². The Morgan fingerprint density at radius 3 is 2.43 bits per heavy atom. The van der Waals surface area contributed by atoms with Gasteiger partial charge in [-0.15, -0.1) is 0 Å². The first kappa shape index (κ1) is 16.0. The summed E-state index contributed by atoms with van der Waals surface area (Å²) in [6.45, 7) is 0.214. The van der Waals surface area contributed by atoms with E-state index in [0.29, 0.717) is 10.8 Å². The van der Waals surface area contributed by atoms with E-state index in [4.69, 9.17) is 16.0 Å². The molecule has 0 fully saturated rings. The Bertz CT molecular complexity index is 667. The van der Waals surface area contributed by atoms with Crippen LogP contribution < -0.4 is 4.72 Å². The number of likely N-dealkylation sites (N-methyl/N-ethyl adjacent to an activating group) is 1. The normalized spacial score (nSPS) is 13.5. The first-order valence-electron chi connectivity index (χ1n) is 6.35. The Morgan fingerprint density at radius 1 is 1.24 bits per heavy atom. The molecule has 0 unspecified atom stereocenters. The molecule has 2 rings (SSSR count). The van der Waals surface area contributed by atoms with Crippen molar-refractivity contribution in [1.29, 1.82) is 0 Å². The summed E-state index contributed by atoms with van der Waals surface area (Å²) in [7, 11) is 0.156. The van der Waals surface area contributed by atoms with Crippen molar-refractivity contribution in [1.82, 2.24) is 9.62 Å². The first-order chi connectivity index (χ1) is 9.90. The second kappa shape index (κ2) is 6.62. The molecule has 0 amide bonds.